The Kier molecular flexibility index (Phi) is 8.96. The van der Waals surface area contributed by atoms with Crippen molar-refractivity contribution in [1.29, 1.82) is 0 Å². The number of rotatable bonds is 7. The molecule has 0 aromatic rings. The molecule has 0 aromatic heterocycles. The van der Waals surface area contributed by atoms with E-state index in [-0.39, 0.29) is 23.9 Å². The van der Waals surface area contributed by atoms with Crippen LogP contribution in [0.15, 0.2) is 0 Å². The van der Waals surface area contributed by atoms with Gasteiger partial charge in [-0.15, -0.1) is 0 Å². The normalized spacial score (nSPS) is 33.0. The van der Waals surface area contributed by atoms with Crippen LogP contribution in [0.25, 0.3) is 0 Å². The van der Waals surface area contributed by atoms with Crippen LogP contribution in [0.5, 0.6) is 0 Å². The van der Waals surface area contributed by atoms with Crippen molar-refractivity contribution in [2.45, 2.75) is 83.4 Å². The van der Waals surface area contributed by atoms with Gasteiger partial charge < -0.3 is 14.4 Å². The standard InChI is InChI=1S/C22H40N2O4S/c1-16(2)17-6-8-19(9-7-17)28-15-21-20(23-29(3)26)5-4-12-24(21)22(25)18-10-13-27-14-11-18/h16-21,23H,4-15H2,1-3H3. The third-order valence-electron chi connectivity index (χ3n) is 7.11. The first kappa shape index (κ1) is 23.2. The van der Waals surface area contributed by atoms with Crippen LogP contribution in [0, 0.1) is 17.8 Å². The van der Waals surface area contributed by atoms with E-state index >= 15 is 0 Å². The summed E-state index contributed by atoms with van der Waals surface area (Å²) in [5.74, 6) is 1.85. The van der Waals surface area contributed by atoms with Crippen molar-refractivity contribution in [3.63, 3.8) is 0 Å². The highest BCUT2D eigenvalue weighted by Gasteiger charge is 2.38. The third kappa shape index (κ3) is 6.49. The topological polar surface area (TPSA) is 67.9 Å². The number of nitrogens with zero attached hydrogens (tertiary/aromatic N) is 1. The number of piperidine rings is 1. The summed E-state index contributed by atoms with van der Waals surface area (Å²) in [7, 11) is -1.10. The Balaban J connectivity index is 1.62. The van der Waals surface area contributed by atoms with Crippen LogP contribution >= 0.6 is 0 Å². The maximum Gasteiger partial charge on any atom is 0.226 e. The highest BCUT2D eigenvalue weighted by molar-refractivity contribution is 7.82. The Labute approximate surface area is 179 Å². The van der Waals surface area contributed by atoms with Crippen LogP contribution in [0.2, 0.25) is 0 Å². The molecule has 0 spiro atoms. The Morgan fingerprint density at radius 3 is 2.45 bits per heavy atom. The van der Waals surface area contributed by atoms with Crippen LogP contribution in [-0.2, 0) is 25.3 Å². The van der Waals surface area contributed by atoms with Crippen molar-refractivity contribution >= 4 is 16.9 Å². The van der Waals surface area contributed by atoms with E-state index in [1.807, 2.05) is 4.90 Å². The van der Waals surface area contributed by atoms with Crippen molar-refractivity contribution in [2.24, 2.45) is 17.8 Å². The summed E-state index contributed by atoms with van der Waals surface area (Å²) in [6.07, 6.45) is 10.1. The molecule has 3 unspecified atom stereocenters. The number of nitrogens with one attached hydrogen (secondary N) is 1. The quantitative estimate of drug-likeness (QED) is 0.677. The van der Waals surface area contributed by atoms with Crippen LogP contribution in [0.3, 0.4) is 0 Å². The van der Waals surface area contributed by atoms with Gasteiger partial charge in [0.15, 0.2) is 0 Å². The van der Waals surface area contributed by atoms with Crippen molar-refractivity contribution < 1.29 is 18.5 Å². The second kappa shape index (κ2) is 11.2. The lowest BCUT2D eigenvalue weighted by Gasteiger charge is -2.43. The van der Waals surface area contributed by atoms with E-state index in [4.69, 9.17) is 9.47 Å². The van der Waals surface area contributed by atoms with Gasteiger partial charge in [0.2, 0.25) is 5.91 Å². The summed E-state index contributed by atoms with van der Waals surface area (Å²) in [5, 5.41) is 0. The van der Waals surface area contributed by atoms with Gasteiger partial charge in [-0.25, -0.2) is 8.93 Å². The summed E-state index contributed by atoms with van der Waals surface area (Å²) in [6.45, 7) is 7.29. The monoisotopic (exact) mass is 428 g/mol. The lowest BCUT2D eigenvalue weighted by atomic mass is 9.80. The maximum absolute atomic E-state index is 13.3. The number of ether oxygens (including phenoxy) is 2. The summed E-state index contributed by atoms with van der Waals surface area (Å²) in [4.78, 5) is 15.3. The van der Waals surface area contributed by atoms with Gasteiger partial charge in [-0.05, 0) is 63.2 Å². The number of hydrogen-bond acceptors (Lipinski definition) is 4. The molecule has 1 saturated carbocycles. The number of carbonyl (C=O) groups is 1. The lowest BCUT2D eigenvalue weighted by molar-refractivity contribution is -0.146. The van der Waals surface area contributed by atoms with Gasteiger partial charge in [0.05, 0.1) is 29.7 Å². The summed E-state index contributed by atoms with van der Waals surface area (Å²) >= 11 is 0. The average molecular weight is 429 g/mol. The van der Waals surface area contributed by atoms with E-state index in [0.29, 0.717) is 25.9 Å². The molecule has 29 heavy (non-hydrogen) atoms. The van der Waals surface area contributed by atoms with Gasteiger partial charge >= 0.3 is 0 Å². The molecule has 1 amide bonds. The molecule has 3 aliphatic rings. The molecule has 1 aliphatic carbocycles. The molecular formula is C22H40N2O4S. The molecule has 0 radical (unpaired) electrons. The summed E-state index contributed by atoms with van der Waals surface area (Å²) < 4.78 is 26.9. The largest absolute Gasteiger partial charge is 0.381 e. The fraction of sp³-hybridized carbons (Fsp3) is 0.955. The predicted molar refractivity (Wildman–Crippen MR) is 116 cm³/mol. The molecule has 3 rings (SSSR count). The Morgan fingerprint density at radius 1 is 1.14 bits per heavy atom. The fourth-order valence-corrected chi connectivity index (χ4v) is 5.92. The molecule has 2 aliphatic heterocycles. The van der Waals surface area contributed by atoms with E-state index < -0.39 is 11.0 Å². The van der Waals surface area contributed by atoms with Crippen molar-refractivity contribution in [3.05, 3.63) is 0 Å². The van der Waals surface area contributed by atoms with Crippen molar-refractivity contribution in [3.8, 4) is 0 Å². The van der Waals surface area contributed by atoms with Crippen molar-refractivity contribution in [2.75, 3.05) is 32.6 Å². The first-order valence-corrected chi connectivity index (χ1v) is 13.1. The zero-order valence-electron chi connectivity index (χ0n) is 18.4. The first-order chi connectivity index (χ1) is 14.0. The van der Waals surface area contributed by atoms with Gasteiger partial charge in [-0.3, -0.25) is 4.79 Å². The zero-order valence-corrected chi connectivity index (χ0v) is 19.3. The molecule has 7 heteroatoms. The first-order valence-electron chi connectivity index (χ1n) is 11.5. The number of amides is 1. The molecule has 0 bridgehead atoms. The Bertz CT molecular complexity index is 545. The summed E-state index contributed by atoms with van der Waals surface area (Å²) in [5.41, 5.74) is 0. The number of hydrogen-bond donors (Lipinski definition) is 1. The molecule has 1 N–H and O–H groups in total. The van der Waals surface area contributed by atoms with E-state index in [1.165, 1.54) is 12.8 Å². The minimum atomic E-state index is -1.10. The molecule has 168 valence electrons. The lowest BCUT2D eigenvalue weighted by Crippen LogP contribution is -2.59. The number of likely N-dealkylation sites (tertiary alicyclic amines) is 1. The Morgan fingerprint density at radius 2 is 1.83 bits per heavy atom. The third-order valence-corrected chi connectivity index (χ3v) is 7.75. The van der Waals surface area contributed by atoms with Gasteiger partial charge in [0.25, 0.3) is 0 Å². The van der Waals surface area contributed by atoms with Crippen LogP contribution in [0.1, 0.15) is 65.2 Å². The minimum Gasteiger partial charge on any atom is -0.381 e. The highest BCUT2D eigenvalue weighted by Crippen LogP contribution is 2.32. The maximum atomic E-state index is 13.3. The highest BCUT2D eigenvalue weighted by atomic mass is 32.2. The average Bonchev–Trinajstić information content (AvgIpc) is 2.72. The fourth-order valence-electron chi connectivity index (χ4n) is 5.22. The van der Waals surface area contributed by atoms with Crippen LogP contribution < -0.4 is 4.72 Å². The molecule has 0 aromatic carbocycles. The molecule has 3 atom stereocenters. The molecule has 2 heterocycles. The SMILES string of the molecule is CC(C)C1CCC(OCC2C(NS(C)=O)CCCN2C(=O)C2CCOCC2)CC1. The predicted octanol–water partition coefficient (Wildman–Crippen LogP) is 2.89. The van der Waals surface area contributed by atoms with Crippen LogP contribution in [-0.4, -0.2) is 65.8 Å². The second-order valence-corrected chi connectivity index (χ2v) is 10.6. The van der Waals surface area contributed by atoms with Gasteiger partial charge in [0, 0.05) is 38.0 Å². The van der Waals surface area contributed by atoms with Crippen LogP contribution in [0.4, 0.5) is 0 Å². The zero-order chi connectivity index (χ0) is 20.8. The number of carbonyl (C=O) groups excluding carboxylic acids is 1. The summed E-state index contributed by atoms with van der Waals surface area (Å²) in [6, 6.07) is -0.00352. The molecule has 3 fully saturated rings. The Hall–Kier alpha value is -0.500. The van der Waals surface area contributed by atoms with Gasteiger partial charge in [-0.2, -0.15) is 0 Å². The second-order valence-electron chi connectivity index (χ2n) is 9.42. The van der Waals surface area contributed by atoms with Gasteiger partial charge in [0.1, 0.15) is 0 Å². The molecule has 2 saturated heterocycles. The van der Waals surface area contributed by atoms with Gasteiger partial charge in [-0.1, -0.05) is 13.8 Å². The minimum absolute atomic E-state index is 0.0328. The van der Waals surface area contributed by atoms with E-state index in [1.54, 1.807) is 6.26 Å². The molecule has 6 nitrogen and oxygen atoms in total. The van der Waals surface area contributed by atoms with Crippen molar-refractivity contribution in [1.82, 2.24) is 9.62 Å². The molecular weight excluding hydrogens is 388 g/mol. The van der Waals surface area contributed by atoms with E-state index in [9.17, 15) is 9.00 Å². The van der Waals surface area contributed by atoms with E-state index in [2.05, 4.69) is 18.6 Å². The smallest absolute Gasteiger partial charge is 0.226 e. The van der Waals surface area contributed by atoms with E-state index in [0.717, 1.165) is 56.9 Å².